The summed E-state index contributed by atoms with van der Waals surface area (Å²) in [4.78, 5) is 0.0729. The van der Waals surface area contributed by atoms with E-state index in [1.165, 1.54) is 24.3 Å². The molecule has 0 unspecified atom stereocenters. The molecule has 0 aromatic heterocycles. The summed E-state index contributed by atoms with van der Waals surface area (Å²) >= 11 is 0. The summed E-state index contributed by atoms with van der Waals surface area (Å²) in [5, 5.41) is 8.83. The lowest BCUT2D eigenvalue weighted by molar-refractivity contribution is 0.254. The second-order valence-corrected chi connectivity index (χ2v) is 7.45. The molecular formula is C18H18N2O4S. The minimum absolute atomic E-state index is 0.0508. The van der Waals surface area contributed by atoms with Crippen LogP contribution in [0.2, 0.25) is 0 Å². The Morgan fingerprint density at radius 2 is 2.04 bits per heavy atom. The number of rotatable bonds is 5. The summed E-state index contributed by atoms with van der Waals surface area (Å²) < 4.78 is 39.1. The second-order valence-electron chi connectivity index (χ2n) is 5.76. The van der Waals surface area contributed by atoms with Crippen molar-refractivity contribution in [2.45, 2.75) is 31.3 Å². The van der Waals surface area contributed by atoms with Gasteiger partial charge in [-0.3, -0.25) is 4.72 Å². The summed E-state index contributed by atoms with van der Waals surface area (Å²) in [6.45, 7) is 4.22. The van der Waals surface area contributed by atoms with E-state index in [2.05, 4.69) is 4.72 Å². The molecular weight excluding hydrogens is 340 g/mol. The predicted molar refractivity (Wildman–Crippen MR) is 93.4 cm³/mol. The van der Waals surface area contributed by atoms with Crippen LogP contribution in [0.15, 0.2) is 41.3 Å². The maximum Gasteiger partial charge on any atom is 0.262 e. The average molecular weight is 358 g/mol. The van der Waals surface area contributed by atoms with E-state index in [9.17, 15) is 8.42 Å². The fourth-order valence-corrected chi connectivity index (χ4v) is 3.77. The molecule has 0 saturated heterocycles. The van der Waals surface area contributed by atoms with Crippen LogP contribution in [0, 0.1) is 11.3 Å². The van der Waals surface area contributed by atoms with Crippen molar-refractivity contribution in [2.24, 2.45) is 0 Å². The molecule has 6 nitrogen and oxygen atoms in total. The van der Waals surface area contributed by atoms with Crippen LogP contribution in [0.5, 0.6) is 11.5 Å². The van der Waals surface area contributed by atoms with Gasteiger partial charge in [0.05, 0.1) is 28.8 Å². The number of hydrogen-bond donors (Lipinski definition) is 1. The lowest BCUT2D eigenvalue weighted by Gasteiger charge is -2.14. The topological polar surface area (TPSA) is 88.4 Å². The van der Waals surface area contributed by atoms with Gasteiger partial charge in [0.15, 0.2) is 0 Å². The van der Waals surface area contributed by atoms with E-state index in [0.29, 0.717) is 29.4 Å². The third-order valence-corrected chi connectivity index (χ3v) is 5.22. The predicted octanol–water partition coefficient (Wildman–Crippen LogP) is 3.08. The minimum atomic E-state index is -3.81. The number of nitrogens with zero attached hydrogens (tertiary/aromatic N) is 1. The molecule has 3 rings (SSSR count). The van der Waals surface area contributed by atoms with Crippen LogP contribution >= 0.6 is 0 Å². The first kappa shape index (κ1) is 17.1. The molecule has 0 spiro atoms. The second kappa shape index (κ2) is 6.65. The standard InChI is InChI=1S/C18H18N2O4S/c1-3-23-18-9-14-8-12(2)24-17(14)10-16(18)20-25(21,22)15-6-4-13(11-19)5-7-15/h4-7,9-10,12,20H,3,8H2,1-2H3/t12-/m0/s1. The zero-order valence-electron chi connectivity index (χ0n) is 13.9. The van der Waals surface area contributed by atoms with Crippen molar-refractivity contribution in [3.05, 3.63) is 47.5 Å². The van der Waals surface area contributed by atoms with Gasteiger partial charge in [0.2, 0.25) is 0 Å². The molecule has 1 aliphatic heterocycles. The highest BCUT2D eigenvalue weighted by atomic mass is 32.2. The summed E-state index contributed by atoms with van der Waals surface area (Å²) in [5.41, 5.74) is 1.73. The van der Waals surface area contributed by atoms with Gasteiger partial charge in [0.25, 0.3) is 10.0 Å². The summed E-state index contributed by atoms with van der Waals surface area (Å²) in [6.07, 6.45) is 0.813. The van der Waals surface area contributed by atoms with Crippen molar-refractivity contribution < 1.29 is 17.9 Å². The van der Waals surface area contributed by atoms with Gasteiger partial charge in [-0.25, -0.2) is 8.42 Å². The van der Waals surface area contributed by atoms with E-state index in [-0.39, 0.29) is 11.0 Å². The molecule has 1 aliphatic rings. The molecule has 1 N–H and O–H groups in total. The molecule has 0 fully saturated rings. The SMILES string of the molecule is CCOc1cc2c(cc1NS(=O)(=O)c1ccc(C#N)cc1)O[C@@H](C)C2. The third kappa shape index (κ3) is 3.54. The van der Waals surface area contributed by atoms with Crippen LogP contribution in [-0.4, -0.2) is 21.1 Å². The molecule has 0 radical (unpaired) electrons. The Labute approximate surface area is 147 Å². The number of anilines is 1. The molecule has 2 aromatic carbocycles. The highest BCUT2D eigenvalue weighted by molar-refractivity contribution is 7.92. The lowest BCUT2D eigenvalue weighted by Crippen LogP contribution is -2.14. The normalized spacial score (nSPS) is 15.8. The number of nitrogens with one attached hydrogen (secondary N) is 1. The fraction of sp³-hybridized carbons (Fsp3) is 0.278. The van der Waals surface area contributed by atoms with Crippen molar-refractivity contribution in [1.82, 2.24) is 0 Å². The third-order valence-electron chi connectivity index (χ3n) is 3.84. The minimum Gasteiger partial charge on any atom is -0.492 e. The van der Waals surface area contributed by atoms with Crippen molar-refractivity contribution in [3.63, 3.8) is 0 Å². The Morgan fingerprint density at radius 3 is 2.68 bits per heavy atom. The van der Waals surface area contributed by atoms with E-state index in [4.69, 9.17) is 14.7 Å². The van der Waals surface area contributed by atoms with Crippen LogP contribution < -0.4 is 14.2 Å². The van der Waals surface area contributed by atoms with E-state index in [1.807, 2.05) is 26.0 Å². The van der Waals surface area contributed by atoms with Gasteiger partial charge in [-0.2, -0.15) is 5.26 Å². The zero-order valence-corrected chi connectivity index (χ0v) is 14.8. The molecule has 0 bridgehead atoms. The molecule has 130 valence electrons. The van der Waals surface area contributed by atoms with Gasteiger partial charge in [0.1, 0.15) is 17.6 Å². The number of sulfonamides is 1. The number of benzene rings is 2. The van der Waals surface area contributed by atoms with Gasteiger partial charge in [-0.05, 0) is 44.2 Å². The largest absolute Gasteiger partial charge is 0.492 e. The maximum atomic E-state index is 12.6. The molecule has 1 atom stereocenters. The summed E-state index contributed by atoms with van der Waals surface area (Å²) in [5.74, 6) is 1.13. The Hall–Kier alpha value is -2.72. The maximum absolute atomic E-state index is 12.6. The highest BCUT2D eigenvalue weighted by Gasteiger charge is 2.24. The van der Waals surface area contributed by atoms with E-state index in [0.717, 1.165) is 12.0 Å². The molecule has 2 aromatic rings. The van der Waals surface area contributed by atoms with Gasteiger partial charge in [0, 0.05) is 18.1 Å². The number of ether oxygens (including phenoxy) is 2. The Balaban J connectivity index is 1.95. The van der Waals surface area contributed by atoms with Crippen LogP contribution in [0.4, 0.5) is 5.69 Å². The fourth-order valence-electron chi connectivity index (χ4n) is 2.71. The lowest BCUT2D eigenvalue weighted by atomic mass is 10.1. The molecule has 25 heavy (non-hydrogen) atoms. The molecule has 0 saturated carbocycles. The molecule has 0 aliphatic carbocycles. The van der Waals surface area contributed by atoms with Gasteiger partial charge in [-0.15, -0.1) is 0 Å². The van der Waals surface area contributed by atoms with Gasteiger partial charge in [-0.1, -0.05) is 0 Å². The quantitative estimate of drug-likeness (QED) is 0.887. The first-order chi connectivity index (χ1) is 11.9. The zero-order chi connectivity index (χ0) is 18.0. The van der Waals surface area contributed by atoms with Crippen molar-refractivity contribution in [3.8, 4) is 17.6 Å². The number of fused-ring (bicyclic) bond motifs is 1. The molecule has 7 heteroatoms. The Kier molecular flexibility index (Phi) is 4.55. The molecule has 1 heterocycles. The smallest absolute Gasteiger partial charge is 0.262 e. The van der Waals surface area contributed by atoms with Crippen molar-refractivity contribution in [2.75, 3.05) is 11.3 Å². The number of hydrogen-bond acceptors (Lipinski definition) is 5. The van der Waals surface area contributed by atoms with Crippen LogP contribution in [0.1, 0.15) is 25.0 Å². The molecule has 0 amide bonds. The average Bonchev–Trinajstić information content (AvgIpc) is 2.94. The van der Waals surface area contributed by atoms with Crippen molar-refractivity contribution in [1.29, 1.82) is 5.26 Å². The van der Waals surface area contributed by atoms with Gasteiger partial charge < -0.3 is 9.47 Å². The monoisotopic (exact) mass is 358 g/mol. The Morgan fingerprint density at radius 1 is 1.32 bits per heavy atom. The summed E-state index contributed by atoms with van der Waals surface area (Å²) in [7, 11) is -3.81. The van der Waals surface area contributed by atoms with Crippen LogP contribution in [-0.2, 0) is 16.4 Å². The first-order valence-electron chi connectivity index (χ1n) is 7.92. The van der Waals surface area contributed by atoms with E-state index < -0.39 is 10.0 Å². The van der Waals surface area contributed by atoms with Crippen molar-refractivity contribution >= 4 is 15.7 Å². The highest BCUT2D eigenvalue weighted by Crippen LogP contribution is 2.38. The van der Waals surface area contributed by atoms with Gasteiger partial charge >= 0.3 is 0 Å². The van der Waals surface area contributed by atoms with Crippen LogP contribution in [0.25, 0.3) is 0 Å². The summed E-state index contributed by atoms with van der Waals surface area (Å²) in [6, 6.07) is 11.2. The van der Waals surface area contributed by atoms with E-state index in [1.54, 1.807) is 6.07 Å². The van der Waals surface area contributed by atoms with E-state index >= 15 is 0 Å². The van der Waals surface area contributed by atoms with Crippen LogP contribution in [0.3, 0.4) is 0 Å². The number of nitriles is 1. The Bertz CT molecular complexity index is 931. The first-order valence-corrected chi connectivity index (χ1v) is 9.40.